The predicted octanol–water partition coefficient (Wildman–Crippen LogP) is 1.82. The Kier molecular flexibility index (Phi) is 6.40. The first-order valence-corrected chi connectivity index (χ1v) is 8.53. The van der Waals surface area contributed by atoms with Crippen LogP contribution in [0.15, 0.2) is 12.1 Å². The first kappa shape index (κ1) is 18.0. The first-order valence-electron chi connectivity index (χ1n) is 8.53. The fraction of sp³-hybridized carbons (Fsp3) is 0.588. The minimum atomic E-state index is -0.137. The zero-order valence-corrected chi connectivity index (χ0v) is 14.5. The van der Waals surface area contributed by atoms with Crippen molar-refractivity contribution in [2.24, 2.45) is 0 Å². The van der Waals surface area contributed by atoms with Gasteiger partial charge in [-0.2, -0.15) is 4.98 Å². The highest BCUT2D eigenvalue weighted by Gasteiger charge is 2.28. The van der Waals surface area contributed by atoms with E-state index in [1.54, 1.807) is 0 Å². The van der Waals surface area contributed by atoms with E-state index in [2.05, 4.69) is 23.7 Å². The van der Waals surface area contributed by atoms with Crippen molar-refractivity contribution in [2.75, 3.05) is 36.9 Å². The van der Waals surface area contributed by atoms with Gasteiger partial charge >= 0.3 is 0 Å². The zero-order chi connectivity index (χ0) is 17.5. The van der Waals surface area contributed by atoms with Crippen molar-refractivity contribution in [1.29, 1.82) is 0 Å². The molecule has 0 aliphatic carbocycles. The maximum atomic E-state index is 11.6. The van der Waals surface area contributed by atoms with Crippen LogP contribution >= 0.6 is 0 Å². The summed E-state index contributed by atoms with van der Waals surface area (Å²) in [6, 6.07) is 3.70. The molecule has 1 aromatic heterocycles. The Morgan fingerprint density at radius 3 is 2.38 bits per heavy atom. The number of rotatable bonds is 9. The van der Waals surface area contributed by atoms with Gasteiger partial charge in [-0.05, 0) is 12.8 Å². The molecule has 0 aromatic carbocycles. The van der Waals surface area contributed by atoms with Crippen LogP contribution in [0, 0.1) is 0 Å². The molecular formula is C17H26N4O3. The van der Waals surface area contributed by atoms with E-state index in [9.17, 15) is 9.59 Å². The van der Waals surface area contributed by atoms with Gasteiger partial charge in [-0.25, -0.2) is 0 Å². The maximum Gasteiger partial charge on any atom is 0.229 e. The molecule has 1 aliphatic rings. The fourth-order valence-corrected chi connectivity index (χ4v) is 2.79. The van der Waals surface area contributed by atoms with Crippen molar-refractivity contribution in [2.45, 2.75) is 39.5 Å². The monoisotopic (exact) mass is 334 g/mol. The lowest BCUT2D eigenvalue weighted by molar-refractivity contribution is -0.138. The summed E-state index contributed by atoms with van der Waals surface area (Å²) in [5.41, 5.74) is 6.87. The molecule has 0 radical (unpaired) electrons. The van der Waals surface area contributed by atoms with Crippen molar-refractivity contribution in [3.05, 3.63) is 12.1 Å². The largest absolute Gasteiger partial charge is 0.476 e. The molecule has 2 heterocycles. The number of nitrogen functional groups attached to an aromatic ring is 1. The molecule has 7 nitrogen and oxygen atoms in total. The van der Waals surface area contributed by atoms with E-state index in [4.69, 9.17) is 10.5 Å². The molecule has 2 rings (SSSR count). The summed E-state index contributed by atoms with van der Waals surface area (Å²) >= 11 is 0. The van der Waals surface area contributed by atoms with Crippen LogP contribution in [0.1, 0.15) is 39.5 Å². The summed E-state index contributed by atoms with van der Waals surface area (Å²) in [5, 5.41) is 0. The molecule has 0 atom stereocenters. The lowest BCUT2D eigenvalue weighted by atomic mass is 10.3. The van der Waals surface area contributed by atoms with Crippen molar-refractivity contribution in [1.82, 2.24) is 9.88 Å². The zero-order valence-electron chi connectivity index (χ0n) is 14.5. The van der Waals surface area contributed by atoms with Crippen LogP contribution in [-0.4, -0.2) is 47.9 Å². The van der Waals surface area contributed by atoms with E-state index < -0.39 is 0 Å². The summed E-state index contributed by atoms with van der Waals surface area (Å²) in [6.07, 6.45) is 2.67. The van der Waals surface area contributed by atoms with Crippen LogP contribution < -0.4 is 15.4 Å². The average Bonchev–Trinajstić information content (AvgIpc) is 2.86. The Morgan fingerprint density at radius 1 is 1.17 bits per heavy atom. The van der Waals surface area contributed by atoms with Crippen LogP contribution in [0.4, 0.5) is 11.5 Å². The van der Waals surface area contributed by atoms with E-state index in [1.165, 1.54) is 4.90 Å². The minimum Gasteiger partial charge on any atom is -0.476 e. The third-order valence-corrected chi connectivity index (χ3v) is 3.88. The molecule has 0 bridgehead atoms. The van der Waals surface area contributed by atoms with Gasteiger partial charge < -0.3 is 15.4 Å². The number of aromatic nitrogens is 1. The number of carbonyl (C=O) groups is 2. The van der Waals surface area contributed by atoms with Crippen molar-refractivity contribution in [3.8, 4) is 5.88 Å². The lowest BCUT2D eigenvalue weighted by Crippen LogP contribution is -2.33. The van der Waals surface area contributed by atoms with Crippen LogP contribution in [0.2, 0.25) is 0 Å². The second kappa shape index (κ2) is 8.52. The van der Waals surface area contributed by atoms with Crippen molar-refractivity contribution >= 4 is 23.3 Å². The number of hydrogen-bond donors (Lipinski definition) is 1. The van der Waals surface area contributed by atoms with Crippen molar-refractivity contribution < 1.29 is 14.3 Å². The number of anilines is 2. The van der Waals surface area contributed by atoms with Gasteiger partial charge in [-0.15, -0.1) is 0 Å². The Hall–Kier alpha value is -2.31. The number of nitrogens with zero attached hydrogens (tertiary/aromatic N) is 3. The highest BCUT2D eigenvalue weighted by molar-refractivity contribution is 6.01. The lowest BCUT2D eigenvalue weighted by Gasteiger charge is -2.24. The Morgan fingerprint density at radius 2 is 1.79 bits per heavy atom. The third kappa shape index (κ3) is 4.59. The van der Waals surface area contributed by atoms with Gasteiger partial charge in [0.25, 0.3) is 0 Å². The average molecular weight is 334 g/mol. The summed E-state index contributed by atoms with van der Waals surface area (Å²) < 4.78 is 5.63. The number of amides is 2. The number of pyridine rings is 1. The van der Waals surface area contributed by atoms with Gasteiger partial charge in [-0.1, -0.05) is 13.8 Å². The number of carbonyl (C=O) groups excluding carboxylic acids is 2. The fourth-order valence-electron chi connectivity index (χ4n) is 2.79. The second-order valence-corrected chi connectivity index (χ2v) is 5.86. The molecule has 1 aliphatic heterocycles. The topological polar surface area (TPSA) is 88.8 Å². The number of nitrogens with two attached hydrogens (primary N) is 1. The standard InChI is InChI=1S/C17H26N4O3/c1-3-7-20(8-4-2)13-11-14(18)19-15(12-13)24-10-9-21-16(22)5-6-17(21)23/h11-12H,3-10H2,1-2H3,(H2,18,19). The van der Waals surface area contributed by atoms with Crippen LogP contribution in [-0.2, 0) is 9.59 Å². The van der Waals surface area contributed by atoms with E-state index in [0.29, 0.717) is 24.5 Å². The Bertz CT molecular complexity index is 569. The van der Waals surface area contributed by atoms with Gasteiger partial charge in [0.15, 0.2) is 0 Å². The second-order valence-electron chi connectivity index (χ2n) is 5.86. The van der Waals surface area contributed by atoms with Gasteiger partial charge in [0.05, 0.1) is 6.54 Å². The van der Waals surface area contributed by atoms with Crippen LogP contribution in [0.25, 0.3) is 0 Å². The van der Waals surface area contributed by atoms with E-state index in [-0.39, 0.29) is 25.0 Å². The van der Waals surface area contributed by atoms with Gasteiger partial charge in [-0.3, -0.25) is 14.5 Å². The van der Waals surface area contributed by atoms with Crippen LogP contribution in [0.5, 0.6) is 5.88 Å². The van der Waals surface area contributed by atoms with E-state index in [0.717, 1.165) is 31.6 Å². The summed E-state index contributed by atoms with van der Waals surface area (Å²) in [5.74, 6) is 0.540. The molecule has 7 heteroatoms. The SMILES string of the molecule is CCCN(CCC)c1cc(N)nc(OCCN2C(=O)CCC2=O)c1. The summed E-state index contributed by atoms with van der Waals surface area (Å²) in [6.45, 7) is 6.61. The molecule has 24 heavy (non-hydrogen) atoms. The quantitative estimate of drug-likeness (QED) is 0.693. The van der Waals surface area contributed by atoms with Crippen molar-refractivity contribution in [3.63, 3.8) is 0 Å². The van der Waals surface area contributed by atoms with Gasteiger partial charge in [0, 0.05) is 43.8 Å². The molecule has 132 valence electrons. The Labute approximate surface area is 142 Å². The van der Waals surface area contributed by atoms with E-state index >= 15 is 0 Å². The smallest absolute Gasteiger partial charge is 0.229 e. The molecule has 2 amide bonds. The minimum absolute atomic E-state index is 0.137. The molecular weight excluding hydrogens is 308 g/mol. The van der Waals surface area contributed by atoms with Gasteiger partial charge in [0.2, 0.25) is 17.7 Å². The molecule has 0 spiro atoms. The third-order valence-electron chi connectivity index (χ3n) is 3.88. The summed E-state index contributed by atoms with van der Waals surface area (Å²) in [4.78, 5) is 30.8. The molecule has 1 saturated heterocycles. The van der Waals surface area contributed by atoms with Crippen LogP contribution in [0.3, 0.4) is 0 Å². The molecule has 1 fully saturated rings. The molecule has 0 saturated carbocycles. The normalized spacial score (nSPS) is 14.3. The van der Waals surface area contributed by atoms with E-state index in [1.807, 2.05) is 12.1 Å². The highest BCUT2D eigenvalue weighted by atomic mass is 16.5. The number of ether oxygens (including phenoxy) is 1. The first-order chi connectivity index (χ1) is 11.5. The maximum absolute atomic E-state index is 11.6. The summed E-state index contributed by atoms with van der Waals surface area (Å²) in [7, 11) is 0. The highest BCUT2D eigenvalue weighted by Crippen LogP contribution is 2.23. The molecule has 0 unspecified atom stereocenters. The number of likely N-dealkylation sites (tertiary alicyclic amines) is 1. The number of imide groups is 1. The predicted molar refractivity (Wildman–Crippen MR) is 92.9 cm³/mol. The van der Waals surface area contributed by atoms with Gasteiger partial charge in [0.1, 0.15) is 12.4 Å². The Balaban J connectivity index is 1.99. The molecule has 2 N–H and O–H groups in total. The number of hydrogen-bond acceptors (Lipinski definition) is 6. The molecule has 1 aromatic rings.